The Bertz CT molecular complexity index is 790. The highest BCUT2D eigenvalue weighted by molar-refractivity contribution is 5.95. The van der Waals surface area contributed by atoms with Gasteiger partial charge in [0, 0.05) is 23.5 Å². The highest BCUT2D eigenvalue weighted by Gasteiger charge is 2.76. The van der Waals surface area contributed by atoms with Gasteiger partial charge in [0.05, 0.1) is 6.54 Å². The normalized spacial score (nSPS) is 29.8. The lowest BCUT2D eigenvalue weighted by atomic mass is 9.92. The molecule has 28 heavy (non-hydrogen) atoms. The Balaban J connectivity index is 2.01. The van der Waals surface area contributed by atoms with Gasteiger partial charge in [0.25, 0.3) is 5.91 Å². The number of carbonyl (C=O) groups excluding carboxylic acids is 2. The Morgan fingerprint density at radius 3 is 2.43 bits per heavy atom. The fourth-order valence-electron chi connectivity index (χ4n) is 5.13. The van der Waals surface area contributed by atoms with Gasteiger partial charge in [0.2, 0.25) is 0 Å². The van der Waals surface area contributed by atoms with E-state index >= 15 is 0 Å². The van der Waals surface area contributed by atoms with Crippen LogP contribution >= 0.6 is 0 Å². The van der Waals surface area contributed by atoms with Gasteiger partial charge in [-0.05, 0) is 25.2 Å². The molecule has 1 aliphatic carbocycles. The second-order valence-corrected chi connectivity index (χ2v) is 8.87. The number of carbonyl (C=O) groups is 2. The number of likely N-dealkylation sites (tertiary alicyclic amines) is 1. The molecule has 1 saturated carbocycles. The number of benzene rings is 1. The quantitative estimate of drug-likeness (QED) is 0.318. The van der Waals surface area contributed by atoms with E-state index in [2.05, 4.69) is 0 Å². The van der Waals surface area contributed by atoms with Crippen LogP contribution in [0.3, 0.4) is 0 Å². The maximum absolute atomic E-state index is 13.7. The average Bonchev–Trinajstić information content (AvgIpc) is 3.38. The lowest BCUT2D eigenvalue weighted by molar-refractivity contribution is -0.900. The number of amidine groups is 1. The number of nitrogen functional groups attached to an aromatic ring is 1. The molecule has 0 radical (unpaired) electrons. The van der Waals surface area contributed by atoms with Crippen LogP contribution in [0.4, 0.5) is 0 Å². The van der Waals surface area contributed by atoms with E-state index in [0.717, 1.165) is 18.4 Å². The molecule has 0 aromatic heterocycles. The van der Waals surface area contributed by atoms with Crippen molar-refractivity contribution in [2.75, 3.05) is 6.54 Å². The third-order valence-electron chi connectivity index (χ3n) is 6.54. The summed E-state index contributed by atoms with van der Waals surface area (Å²) in [6.07, 6.45) is 3.06. The minimum absolute atomic E-state index is 0.000635. The molecule has 1 saturated heterocycles. The summed E-state index contributed by atoms with van der Waals surface area (Å²) in [6, 6.07) is 6.68. The first-order chi connectivity index (χ1) is 13.1. The van der Waals surface area contributed by atoms with Crippen molar-refractivity contribution in [2.45, 2.75) is 57.7 Å². The Kier molecular flexibility index (Phi) is 5.34. The van der Waals surface area contributed by atoms with Crippen LogP contribution in [-0.2, 0) is 16.1 Å². The fraction of sp³-hybridized carbons (Fsp3) is 0.571. The predicted molar refractivity (Wildman–Crippen MR) is 108 cm³/mol. The Morgan fingerprint density at radius 2 is 1.89 bits per heavy atom. The van der Waals surface area contributed by atoms with E-state index in [-0.39, 0.29) is 34.0 Å². The van der Waals surface area contributed by atoms with E-state index in [1.807, 2.05) is 26.0 Å². The molecule has 4 atom stereocenters. The number of nitrogens with zero attached hydrogens (tertiary/aromatic N) is 1. The van der Waals surface area contributed by atoms with Gasteiger partial charge < -0.3 is 17.2 Å². The Labute approximate surface area is 166 Å². The number of hydrogen-bond acceptors (Lipinski definition) is 4. The second kappa shape index (κ2) is 7.29. The van der Waals surface area contributed by atoms with Gasteiger partial charge in [-0.1, -0.05) is 38.1 Å². The standard InChI is InChI=1S/C21H31N5O2/c1-13(2)10-17(22)19(27)26(9-3-4-16-11-21(16,26)20(25)28)12-14-5-7-15(8-6-14)18(23)24/h5-8,13,16-17H,3-4,9-12,22H2,1-2H3,(H4-,23,24,25,28)/p+1/t16-,17-,21+,26?/m1/s1. The van der Waals surface area contributed by atoms with Crippen LogP contribution in [0.5, 0.6) is 0 Å². The first kappa shape index (κ1) is 20.5. The number of rotatable bonds is 7. The molecule has 1 aliphatic heterocycles. The second-order valence-electron chi connectivity index (χ2n) is 8.87. The molecule has 2 fully saturated rings. The van der Waals surface area contributed by atoms with E-state index in [1.165, 1.54) is 0 Å². The summed E-state index contributed by atoms with van der Waals surface area (Å²) in [5.41, 5.74) is 18.5. The van der Waals surface area contributed by atoms with Crippen LogP contribution in [0, 0.1) is 17.2 Å². The summed E-state index contributed by atoms with van der Waals surface area (Å²) in [5, 5.41) is 7.55. The fourth-order valence-corrected chi connectivity index (χ4v) is 5.13. The molecule has 152 valence electrons. The molecule has 7 heteroatoms. The van der Waals surface area contributed by atoms with Crippen molar-refractivity contribution in [2.24, 2.45) is 29.0 Å². The van der Waals surface area contributed by atoms with Gasteiger partial charge in [0.1, 0.15) is 18.4 Å². The summed E-state index contributed by atoms with van der Waals surface area (Å²) in [4.78, 5) is 26.3. The summed E-state index contributed by atoms with van der Waals surface area (Å²) < 4.78 is 0.0281. The molecular weight excluding hydrogens is 354 g/mol. The molecule has 7 N–H and O–H groups in total. The number of quaternary nitrogens is 1. The molecule has 1 aromatic carbocycles. The highest BCUT2D eigenvalue weighted by Crippen LogP contribution is 2.59. The zero-order valence-corrected chi connectivity index (χ0v) is 16.8. The summed E-state index contributed by atoms with van der Waals surface area (Å²) in [6.45, 7) is 5.05. The van der Waals surface area contributed by atoms with Gasteiger partial charge in [-0.25, -0.2) is 9.28 Å². The molecule has 0 spiro atoms. The molecule has 2 amide bonds. The predicted octanol–water partition coefficient (Wildman–Crippen LogP) is 1.23. The maximum atomic E-state index is 13.7. The van der Waals surface area contributed by atoms with Crippen molar-refractivity contribution in [1.29, 1.82) is 5.41 Å². The third kappa shape index (κ3) is 3.22. The minimum atomic E-state index is -0.830. The number of piperidine rings is 1. The molecule has 7 nitrogen and oxygen atoms in total. The lowest BCUT2D eigenvalue weighted by Crippen LogP contribution is -2.70. The average molecular weight is 387 g/mol. The summed E-state index contributed by atoms with van der Waals surface area (Å²) >= 11 is 0. The van der Waals surface area contributed by atoms with E-state index < -0.39 is 11.6 Å². The molecule has 1 heterocycles. The number of hydrogen-bond donors (Lipinski definition) is 4. The lowest BCUT2D eigenvalue weighted by Gasteiger charge is -2.46. The molecule has 3 rings (SSSR count). The summed E-state index contributed by atoms with van der Waals surface area (Å²) in [5.74, 6) is -0.0177. The number of nitrogens with two attached hydrogens (primary N) is 3. The van der Waals surface area contributed by atoms with Crippen LogP contribution in [0.2, 0.25) is 0 Å². The van der Waals surface area contributed by atoms with E-state index in [9.17, 15) is 9.59 Å². The van der Waals surface area contributed by atoms with Gasteiger partial charge in [-0.2, -0.15) is 0 Å². The van der Waals surface area contributed by atoms with Crippen molar-refractivity contribution in [3.05, 3.63) is 35.4 Å². The SMILES string of the molecule is CC(C)C[C@@H](N)C(=O)[N+]1(Cc2ccc(C(=N)N)cc2)CCC[C@@H]2C[C@@]21C(N)=O. The van der Waals surface area contributed by atoms with Crippen LogP contribution < -0.4 is 17.2 Å². The zero-order chi connectivity index (χ0) is 20.7. The highest BCUT2D eigenvalue weighted by atomic mass is 16.2. The molecule has 1 unspecified atom stereocenters. The van der Waals surface area contributed by atoms with E-state index in [0.29, 0.717) is 31.5 Å². The van der Waals surface area contributed by atoms with E-state index in [1.54, 1.807) is 12.1 Å². The van der Waals surface area contributed by atoms with Gasteiger partial charge in [0.15, 0.2) is 5.54 Å². The van der Waals surface area contributed by atoms with Crippen molar-refractivity contribution in [1.82, 2.24) is 0 Å². The van der Waals surface area contributed by atoms with Crippen molar-refractivity contribution in [3.8, 4) is 0 Å². The van der Waals surface area contributed by atoms with Crippen LogP contribution in [0.15, 0.2) is 24.3 Å². The van der Waals surface area contributed by atoms with Crippen molar-refractivity contribution >= 4 is 17.6 Å². The van der Waals surface area contributed by atoms with Crippen LogP contribution in [0.25, 0.3) is 0 Å². The monoisotopic (exact) mass is 386 g/mol. The van der Waals surface area contributed by atoms with Crippen molar-refractivity contribution < 1.29 is 14.1 Å². The molecular formula is C21H32N5O2+. The van der Waals surface area contributed by atoms with Gasteiger partial charge in [-0.15, -0.1) is 0 Å². The largest absolute Gasteiger partial charge is 0.384 e. The molecule has 0 bridgehead atoms. The molecule has 1 aromatic rings. The van der Waals surface area contributed by atoms with Crippen LogP contribution in [0.1, 0.15) is 50.7 Å². The summed E-state index contributed by atoms with van der Waals surface area (Å²) in [7, 11) is 0. The van der Waals surface area contributed by atoms with Gasteiger partial charge >= 0.3 is 5.91 Å². The Morgan fingerprint density at radius 1 is 1.25 bits per heavy atom. The minimum Gasteiger partial charge on any atom is -0.384 e. The maximum Gasteiger partial charge on any atom is 0.331 e. The number of fused-ring (bicyclic) bond motifs is 1. The van der Waals surface area contributed by atoms with Crippen LogP contribution in [-0.4, -0.2) is 40.3 Å². The topological polar surface area (TPSA) is 136 Å². The zero-order valence-electron chi connectivity index (χ0n) is 16.8. The van der Waals surface area contributed by atoms with Crippen molar-refractivity contribution in [3.63, 3.8) is 0 Å². The van der Waals surface area contributed by atoms with Gasteiger partial charge in [-0.3, -0.25) is 10.2 Å². The Hall–Kier alpha value is -2.25. The number of nitrogens with one attached hydrogen (secondary N) is 1. The first-order valence-electron chi connectivity index (χ1n) is 10.0. The smallest absolute Gasteiger partial charge is 0.331 e. The van der Waals surface area contributed by atoms with E-state index in [4.69, 9.17) is 22.6 Å². The first-order valence-corrected chi connectivity index (χ1v) is 10.0. The number of amides is 2. The number of primary amides is 1. The third-order valence-corrected chi connectivity index (χ3v) is 6.54. The molecule has 2 aliphatic rings.